The molecule has 0 bridgehead atoms. The van der Waals surface area contributed by atoms with Gasteiger partial charge in [-0.25, -0.2) is 9.78 Å². The van der Waals surface area contributed by atoms with Gasteiger partial charge in [-0.2, -0.15) is 8.78 Å². The summed E-state index contributed by atoms with van der Waals surface area (Å²) in [7, 11) is 0. The molecule has 2 N–H and O–H groups in total. The number of nitrogens with one attached hydrogen (secondary N) is 2. The first kappa shape index (κ1) is 18.6. The molecule has 7 nitrogen and oxygen atoms in total. The minimum absolute atomic E-state index is 0.0263. The van der Waals surface area contributed by atoms with Gasteiger partial charge in [-0.15, -0.1) is 0 Å². The quantitative estimate of drug-likeness (QED) is 0.688. The van der Waals surface area contributed by atoms with Crippen molar-refractivity contribution in [3.63, 3.8) is 0 Å². The molecular formula is C18H17F2N3O4. The maximum atomic E-state index is 12.1. The van der Waals surface area contributed by atoms with Crippen LogP contribution in [0.2, 0.25) is 0 Å². The molecule has 3 rings (SSSR count). The minimum Gasteiger partial charge on any atom is -0.452 e. The lowest BCUT2D eigenvalue weighted by Crippen LogP contribution is -2.21. The van der Waals surface area contributed by atoms with Crippen LogP contribution in [0.25, 0.3) is 0 Å². The van der Waals surface area contributed by atoms with E-state index in [1.807, 2.05) is 0 Å². The van der Waals surface area contributed by atoms with Crippen LogP contribution in [0.1, 0.15) is 23.2 Å². The third-order valence-corrected chi connectivity index (χ3v) is 3.63. The number of carbonyl (C=O) groups is 2. The van der Waals surface area contributed by atoms with Gasteiger partial charge in [0.05, 0.1) is 5.56 Å². The fraction of sp³-hybridized carbons (Fsp3) is 0.278. The number of esters is 1. The fourth-order valence-corrected chi connectivity index (χ4v) is 2.17. The molecule has 1 saturated carbocycles. The van der Waals surface area contributed by atoms with Gasteiger partial charge in [0.2, 0.25) is 0 Å². The van der Waals surface area contributed by atoms with Crippen molar-refractivity contribution < 1.29 is 27.8 Å². The van der Waals surface area contributed by atoms with Crippen LogP contribution in [0, 0.1) is 0 Å². The lowest BCUT2D eigenvalue weighted by molar-refractivity contribution is -0.119. The smallest absolute Gasteiger partial charge is 0.387 e. The van der Waals surface area contributed by atoms with Gasteiger partial charge < -0.3 is 20.1 Å². The molecule has 1 aromatic carbocycles. The highest BCUT2D eigenvalue weighted by atomic mass is 19.3. The molecular weight excluding hydrogens is 360 g/mol. The Morgan fingerprint density at radius 2 is 1.89 bits per heavy atom. The lowest BCUT2D eigenvalue weighted by Gasteiger charge is -2.08. The number of carbonyl (C=O) groups excluding carboxylic acids is 2. The highest BCUT2D eigenvalue weighted by Crippen LogP contribution is 2.23. The van der Waals surface area contributed by atoms with Crippen LogP contribution in [0.5, 0.6) is 5.75 Å². The topological polar surface area (TPSA) is 89.6 Å². The average molecular weight is 377 g/mol. The van der Waals surface area contributed by atoms with Crippen LogP contribution >= 0.6 is 0 Å². The predicted octanol–water partition coefficient (Wildman–Crippen LogP) is 3.05. The monoisotopic (exact) mass is 377 g/mol. The normalized spacial score (nSPS) is 13.1. The number of pyridine rings is 1. The molecule has 1 heterocycles. The number of amides is 1. The summed E-state index contributed by atoms with van der Waals surface area (Å²) in [5.74, 6) is -0.574. The van der Waals surface area contributed by atoms with Crippen LogP contribution in [-0.2, 0) is 9.53 Å². The number of hydrogen-bond acceptors (Lipinski definition) is 6. The molecule has 0 spiro atoms. The number of alkyl halides is 2. The van der Waals surface area contributed by atoms with E-state index in [-0.39, 0.29) is 11.3 Å². The largest absolute Gasteiger partial charge is 0.452 e. The number of halogens is 2. The average Bonchev–Trinajstić information content (AvgIpc) is 3.45. The number of aromatic nitrogens is 1. The van der Waals surface area contributed by atoms with E-state index in [1.54, 1.807) is 12.1 Å². The lowest BCUT2D eigenvalue weighted by atomic mass is 10.3. The number of nitrogens with zero attached hydrogens (tertiary/aromatic N) is 1. The van der Waals surface area contributed by atoms with Crippen LogP contribution in [0.3, 0.4) is 0 Å². The fourth-order valence-electron chi connectivity index (χ4n) is 2.17. The Balaban J connectivity index is 1.44. The number of benzene rings is 1. The molecule has 9 heteroatoms. The van der Waals surface area contributed by atoms with E-state index < -0.39 is 25.1 Å². The zero-order valence-corrected chi connectivity index (χ0v) is 14.2. The molecule has 1 aliphatic rings. The number of rotatable bonds is 8. The van der Waals surface area contributed by atoms with Crippen molar-refractivity contribution in [3.8, 4) is 5.75 Å². The van der Waals surface area contributed by atoms with Gasteiger partial charge >= 0.3 is 12.6 Å². The van der Waals surface area contributed by atoms with Gasteiger partial charge in [0.25, 0.3) is 5.91 Å². The molecule has 0 atom stereocenters. The minimum atomic E-state index is -2.92. The summed E-state index contributed by atoms with van der Waals surface area (Å²) in [5.41, 5.74) is 0.590. The molecule has 27 heavy (non-hydrogen) atoms. The molecule has 2 aromatic rings. The Morgan fingerprint density at radius 1 is 1.15 bits per heavy atom. The van der Waals surface area contributed by atoms with Crippen LogP contribution < -0.4 is 15.4 Å². The Hall–Kier alpha value is -3.23. The first-order valence-electron chi connectivity index (χ1n) is 8.24. The molecule has 0 saturated heterocycles. The maximum absolute atomic E-state index is 12.1. The van der Waals surface area contributed by atoms with Crippen LogP contribution in [0.15, 0.2) is 42.6 Å². The second kappa shape index (κ2) is 8.43. The van der Waals surface area contributed by atoms with E-state index in [0.717, 1.165) is 12.8 Å². The first-order chi connectivity index (χ1) is 13.0. The Bertz CT molecular complexity index is 793. The van der Waals surface area contributed by atoms with E-state index in [9.17, 15) is 18.4 Å². The SMILES string of the molecule is O=C(COC(=O)c1ccc(NC2CC2)nc1)Nc1ccc(OC(F)F)cc1. The third kappa shape index (κ3) is 5.91. The van der Waals surface area contributed by atoms with Gasteiger partial charge in [-0.1, -0.05) is 0 Å². The van der Waals surface area contributed by atoms with Crippen molar-refractivity contribution in [2.75, 3.05) is 17.2 Å². The summed E-state index contributed by atoms with van der Waals surface area (Å²) in [6.45, 7) is -3.41. The Morgan fingerprint density at radius 3 is 2.48 bits per heavy atom. The van der Waals surface area contributed by atoms with Gasteiger partial charge in [0.15, 0.2) is 6.61 Å². The zero-order valence-electron chi connectivity index (χ0n) is 14.2. The molecule has 1 aromatic heterocycles. The number of ether oxygens (including phenoxy) is 2. The van der Waals surface area contributed by atoms with Crippen molar-refractivity contribution in [1.82, 2.24) is 4.98 Å². The van der Waals surface area contributed by atoms with E-state index in [0.29, 0.717) is 17.5 Å². The highest BCUT2D eigenvalue weighted by Gasteiger charge is 2.21. The van der Waals surface area contributed by atoms with Gasteiger partial charge in [-0.3, -0.25) is 4.79 Å². The van der Waals surface area contributed by atoms with Crippen molar-refractivity contribution >= 4 is 23.4 Å². The van der Waals surface area contributed by atoms with Gasteiger partial charge in [0, 0.05) is 17.9 Å². The third-order valence-electron chi connectivity index (χ3n) is 3.63. The van der Waals surface area contributed by atoms with Crippen molar-refractivity contribution in [2.45, 2.75) is 25.5 Å². The second-order valence-electron chi connectivity index (χ2n) is 5.88. The van der Waals surface area contributed by atoms with E-state index >= 15 is 0 Å². The Labute approximate surface area is 153 Å². The zero-order chi connectivity index (χ0) is 19.2. The summed E-state index contributed by atoms with van der Waals surface area (Å²) in [6.07, 6.45) is 3.61. The van der Waals surface area contributed by atoms with Crippen LogP contribution in [0.4, 0.5) is 20.3 Å². The summed E-state index contributed by atoms with van der Waals surface area (Å²) < 4.78 is 33.3. The molecule has 1 amide bonds. The molecule has 1 aliphatic carbocycles. The van der Waals surface area contributed by atoms with E-state index in [4.69, 9.17) is 4.74 Å². The predicted molar refractivity (Wildman–Crippen MR) is 92.9 cm³/mol. The molecule has 142 valence electrons. The molecule has 0 aliphatic heterocycles. The standard InChI is InChI=1S/C18H17F2N3O4/c19-18(20)27-14-6-4-13(5-7-14)23-16(24)10-26-17(25)11-1-8-15(21-9-11)22-12-2-3-12/h1,4-9,12,18H,2-3,10H2,(H,21,22)(H,23,24). The van der Waals surface area contributed by atoms with Crippen molar-refractivity contribution in [3.05, 3.63) is 48.2 Å². The molecule has 0 unspecified atom stereocenters. The second-order valence-corrected chi connectivity index (χ2v) is 5.88. The molecule has 0 radical (unpaired) electrons. The van der Waals surface area contributed by atoms with Crippen molar-refractivity contribution in [2.24, 2.45) is 0 Å². The summed E-state index contributed by atoms with van der Waals surface area (Å²) in [6, 6.07) is 9.07. The summed E-state index contributed by atoms with van der Waals surface area (Å²) in [4.78, 5) is 27.9. The van der Waals surface area contributed by atoms with Crippen LogP contribution in [-0.4, -0.2) is 36.1 Å². The maximum Gasteiger partial charge on any atom is 0.387 e. The summed E-state index contributed by atoms with van der Waals surface area (Å²) >= 11 is 0. The van der Waals surface area contributed by atoms with Crippen molar-refractivity contribution in [1.29, 1.82) is 0 Å². The van der Waals surface area contributed by atoms with E-state index in [2.05, 4.69) is 20.4 Å². The Kier molecular flexibility index (Phi) is 5.80. The first-order valence-corrected chi connectivity index (χ1v) is 8.24. The number of anilines is 2. The summed E-state index contributed by atoms with van der Waals surface area (Å²) in [5, 5.41) is 5.68. The number of hydrogen-bond donors (Lipinski definition) is 2. The van der Waals surface area contributed by atoms with E-state index in [1.165, 1.54) is 30.5 Å². The van der Waals surface area contributed by atoms with Gasteiger partial charge in [-0.05, 0) is 49.2 Å². The van der Waals surface area contributed by atoms with Gasteiger partial charge in [0.1, 0.15) is 11.6 Å². The highest BCUT2D eigenvalue weighted by molar-refractivity contribution is 5.95. The molecule has 1 fully saturated rings.